The first-order chi connectivity index (χ1) is 17.0. The van der Waals surface area contributed by atoms with E-state index in [0.29, 0.717) is 27.8 Å². The number of primary sulfonamides is 1. The second-order valence-corrected chi connectivity index (χ2v) is 10.6. The van der Waals surface area contributed by atoms with Crippen molar-refractivity contribution in [2.75, 3.05) is 12.5 Å². The Morgan fingerprint density at radius 3 is 2.47 bits per heavy atom. The third kappa shape index (κ3) is 6.33. The molecule has 1 heterocycles. The van der Waals surface area contributed by atoms with Crippen molar-refractivity contribution in [1.82, 2.24) is 9.97 Å². The van der Waals surface area contributed by atoms with E-state index in [-0.39, 0.29) is 29.8 Å². The van der Waals surface area contributed by atoms with Crippen LogP contribution in [0.5, 0.6) is 11.5 Å². The Kier molecular flexibility index (Phi) is 8.59. The van der Waals surface area contributed by atoms with Gasteiger partial charge in [-0.05, 0) is 41.5 Å². The van der Waals surface area contributed by atoms with Gasteiger partial charge in [-0.25, -0.2) is 23.5 Å². The lowest BCUT2D eigenvalue weighted by Gasteiger charge is -2.27. The van der Waals surface area contributed by atoms with Crippen LogP contribution < -0.4 is 14.6 Å². The van der Waals surface area contributed by atoms with Crippen LogP contribution in [0.2, 0.25) is 5.02 Å². The normalized spacial score (nSPS) is 11.6. The minimum atomic E-state index is -3.99. The van der Waals surface area contributed by atoms with E-state index in [9.17, 15) is 13.7 Å². The zero-order chi connectivity index (χ0) is 26.5. The van der Waals surface area contributed by atoms with Crippen molar-refractivity contribution >= 4 is 38.1 Å². The van der Waals surface area contributed by atoms with Gasteiger partial charge in [0.1, 0.15) is 29.9 Å². The predicted molar refractivity (Wildman–Crippen MR) is 139 cm³/mol. The van der Waals surface area contributed by atoms with Gasteiger partial charge in [-0.3, -0.25) is 0 Å². The van der Waals surface area contributed by atoms with E-state index >= 15 is 0 Å². The molecule has 0 saturated carbocycles. The van der Waals surface area contributed by atoms with Crippen LogP contribution >= 0.6 is 23.2 Å². The molecule has 8 nitrogen and oxygen atoms in total. The van der Waals surface area contributed by atoms with Gasteiger partial charge in [-0.2, -0.15) is 5.26 Å². The highest BCUT2D eigenvalue weighted by molar-refractivity contribution is 7.98. The van der Waals surface area contributed by atoms with Gasteiger partial charge in [0.05, 0.1) is 22.2 Å². The first-order valence-electron chi connectivity index (χ1n) is 10.7. The molecule has 3 aromatic rings. The number of nitriles is 1. The van der Waals surface area contributed by atoms with Gasteiger partial charge in [0.25, 0.3) is 0 Å². The molecule has 2 N–H and O–H groups in total. The van der Waals surface area contributed by atoms with Crippen molar-refractivity contribution in [2.24, 2.45) is 5.14 Å². The molecule has 11 heteroatoms. The van der Waals surface area contributed by atoms with Crippen molar-refractivity contribution in [3.05, 3.63) is 88.5 Å². The van der Waals surface area contributed by atoms with Crippen LogP contribution in [0.15, 0.2) is 55.2 Å². The zero-order valence-electron chi connectivity index (χ0n) is 19.7. The van der Waals surface area contributed by atoms with Crippen molar-refractivity contribution in [3.8, 4) is 17.6 Å². The number of nitrogens with zero attached hydrogens (tertiary/aromatic N) is 3. The molecule has 0 spiro atoms. The van der Waals surface area contributed by atoms with E-state index in [4.69, 9.17) is 37.8 Å². The van der Waals surface area contributed by atoms with Crippen LogP contribution in [-0.2, 0) is 22.0 Å². The Hall–Kier alpha value is -3.16. The number of sulfonamides is 1. The molecule has 0 unspecified atom stereocenters. The van der Waals surface area contributed by atoms with E-state index in [1.54, 1.807) is 18.2 Å². The number of alkyl halides is 1. The molecule has 0 saturated heterocycles. The van der Waals surface area contributed by atoms with Gasteiger partial charge in [0.2, 0.25) is 10.0 Å². The smallest absolute Gasteiger partial charge is 0.241 e. The first-order valence-corrected chi connectivity index (χ1v) is 13.1. The molecule has 0 aliphatic heterocycles. The Bertz CT molecular complexity index is 1420. The molecule has 1 aromatic heterocycles. The van der Waals surface area contributed by atoms with E-state index < -0.39 is 15.4 Å². The summed E-state index contributed by atoms with van der Waals surface area (Å²) in [6.45, 7) is 7.81. The predicted octanol–water partition coefficient (Wildman–Crippen LogP) is 4.78. The van der Waals surface area contributed by atoms with E-state index in [1.165, 1.54) is 6.20 Å². The highest BCUT2D eigenvalue weighted by atomic mass is 35.5. The van der Waals surface area contributed by atoms with Crippen LogP contribution in [-0.4, -0.2) is 30.9 Å². The largest absolute Gasteiger partial charge is 0.489 e. The lowest BCUT2D eigenvalue weighted by molar-refractivity contribution is 0.301. The van der Waals surface area contributed by atoms with Crippen LogP contribution in [0.25, 0.3) is 4.91 Å². The van der Waals surface area contributed by atoms with Gasteiger partial charge in [-0.15, -0.1) is 11.6 Å². The molecule has 36 heavy (non-hydrogen) atoms. The third-order valence-corrected chi connectivity index (χ3v) is 6.78. The number of halogens is 2. The van der Waals surface area contributed by atoms with Gasteiger partial charge in [-0.1, -0.05) is 44.2 Å². The quantitative estimate of drug-likeness (QED) is 0.362. The maximum Gasteiger partial charge on any atom is 0.241 e. The third-order valence-electron chi connectivity index (χ3n) is 5.48. The molecule has 0 atom stereocenters. The molecule has 3 rings (SSSR count). The van der Waals surface area contributed by atoms with Crippen molar-refractivity contribution in [2.45, 2.75) is 25.9 Å². The molecule has 0 radical (unpaired) electrons. The number of rotatable bonds is 10. The highest BCUT2D eigenvalue weighted by Crippen LogP contribution is 2.38. The second-order valence-electron chi connectivity index (χ2n) is 8.26. The summed E-state index contributed by atoms with van der Waals surface area (Å²) in [5.74, 6) is 1.11. The summed E-state index contributed by atoms with van der Waals surface area (Å²) in [5, 5.41) is 15.0. The fourth-order valence-corrected chi connectivity index (χ4v) is 4.06. The lowest BCUT2D eigenvalue weighted by atomic mass is 9.77. The van der Waals surface area contributed by atoms with Crippen molar-refractivity contribution in [3.63, 3.8) is 0 Å². The van der Waals surface area contributed by atoms with Crippen molar-refractivity contribution < 1.29 is 17.9 Å². The summed E-state index contributed by atoms with van der Waals surface area (Å²) in [7, 11) is -3.99. The molecule has 0 fully saturated rings. The lowest BCUT2D eigenvalue weighted by Crippen LogP contribution is -2.19. The van der Waals surface area contributed by atoms with Crippen LogP contribution in [0.3, 0.4) is 0 Å². The van der Waals surface area contributed by atoms with Crippen LogP contribution in [0, 0.1) is 11.3 Å². The summed E-state index contributed by atoms with van der Waals surface area (Å²) in [4.78, 5) is 7.68. The fourth-order valence-electron chi connectivity index (χ4n) is 3.35. The minimum absolute atomic E-state index is 0.0785. The minimum Gasteiger partial charge on any atom is -0.489 e. The number of hydrogen-bond acceptors (Lipinski definition) is 7. The number of nitrogens with two attached hydrogens (primary N) is 1. The van der Waals surface area contributed by atoms with Gasteiger partial charge >= 0.3 is 0 Å². The summed E-state index contributed by atoms with van der Waals surface area (Å²) in [5.41, 5.74) is 2.14. The average Bonchev–Trinajstić information content (AvgIpc) is 2.85. The van der Waals surface area contributed by atoms with Gasteiger partial charge < -0.3 is 9.47 Å². The topological polar surface area (TPSA) is 128 Å². The summed E-state index contributed by atoms with van der Waals surface area (Å²) >= 11 is 12.1. The molecule has 0 bridgehead atoms. The Morgan fingerprint density at radius 1 is 1.17 bits per heavy atom. The summed E-state index contributed by atoms with van der Waals surface area (Å²) < 4.78 is 34.3. The van der Waals surface area contributed by atoms with Crippen LogP contribution in [0.4, 0.5) is 0 Å². The Morgan fingerprint density at radius 2 is 1.86 bits per heavy atom. The number of benzene rings is 2. The molecular weight excluding hydrogens is 523 g/mol. The molecule has 0 amide bonds. The van der Waals surface area contributed by atoms with E-state index in [0.717, 1.165) is 11.1 Å². The highest BCUT2D eigenvalue weighted by Gasteiger charge is 2.26. The first kappa shape index (κ1) is 27.4. The second kappa shape index (κ2) is 11.3. The summed E-state index contributed by atoms with van der Waals surface area (Å²) in [6.07, 6.45) is 1.41. The SMILES string of the molecule is C=C(c1nccc(COc2ccc(C(C)(C)c3cc(Cl)c(OCCCl)c(C#N)c3)cc2)n1)S(N)(=O)=O. The molecular formula is C25H24Cl2N4O4S. The van der Waals surface area contributed by atoms with E-state index in [1.807, 2.05) is 38.1 Å². The summed E-state index contributed by atoms with van der Waals surface area (Å²) in [6, 6.07) is 14.8. The molecule has 188 valence electrons. The zero-order valence-corrected chi connectivity index (χ0v) is 22.0. The number of aromatic nitrogens is 2. The number of hydrogen-bond donors (Lipinski definition) is 1. The Balaban J connectivity index is 1.77. The maximum atomic E-state index is 11.5. The van der Waals surface area contributed by atoms with Crippen molar-refractivity contribution in [1.29, 1.82) is 5.26 Å². The Labute approximate surface area is 220 Å². The maximum absolute atomic E-state index is 11.5. The van der Waals surface area contributed by atoms with Crippen LogP contribution in [0.1, 0.15) is 42.1 Å². The molecule has 0 aliphatic rings. The van der Waals surface area contributed by atoms with E-state index in [2.05, 4.69) is 22.6 Å². The number of ether oxygens (including phenoxy) is 2. The van der Waals surface area contributed by atoms with Gasteiger partial charge in [0, 0.05) is 11.6 Å². The monoisotopic (exact) mass is 546 g/mol. The standard InChI is InChI=1S/C25H24Cl2N4O4S/c1-16(36(29,32)33)24-30-10-8-20(31-24)15-35-21-6-4-18(5-7-21)25(2,3)19-12-17(14-28)23(22(27)13-19)34-11-9-26/h4-8,10,12-13H,1,9,11,15H2,2-3H3,(H2,29,32,33). The van der Waals surface area contributed by atoms with Gasteiger partial charge in [0.15, 0.2) is 11.6 Å². The average molecular weight is 547 g/mol. The fraction of sp³-hybridized carbons (Fsp3) is 0.240. The molecule has 0 aliphatic carbocycles. The molecule has 2 aromatic carbocycles.